The molecule has 1 fully saturated rings. The van der Waals surface area contributed by atoms with Gasteiger partial charge in [-0.25, -0.2) is 0 Å². The fourth-order valence-electron chi connectivity index (χ4n) is 7.70. The van der Waals surface area contributed by atoms with Gasteiger partial charge in [0.2, 0.25) is 0 Å². The third-order valence-corrected chi connectivity index (χ3v) is 24.9. The van der Waals surface area contributed by atoms with Crippen molar-refractivity contribution in [1.82, 2.24) is 0 Å². The number of halogens is 2. The molecule has 0 amide bonds. The second-order valence-electron chi connectivity index (χ2n) is 11.1. The maximum atomic E-state index is 2.55. The van der Waals surface area contributed by atoms with Gasteiger partial charge in [-0.05, 0) is 0 Å². The summed E-state index contributed by atoms with van der Waals surface area (Å²) in [6.07, 6.45) is 6.52. The quantitative estimate of drug-likeness (QED) is 0.326. The van der Waals surface area contributed by atoms with Gasteiger partial charge in [-0.15, -0.1) is 0 Å². The number of benzene rings is 4. The van der Waals surface area contributed by atoms with Gasteiger partial charge in [0.15, 0.2) is 0 Å². The summed E-state index contributed by atoms with van der Waals surface area (Å²) in [6.45, 7) is 4.87. The number of rotatable bonds is 4. The van der Waals surface area contributed by atoms with Crippen LogP contribution in [-0.4, -0.2) is 0 Å². The van der Waals surface area contributed by atoms with E-state index in [-0.39, 0.29) is 24.8 Å². The SMILES string of the molecule is CC1=Cc2c(-c3ccccc3)cccc2[CH]1[Zr+2]1([CH]2C(C)=Cc3c(-c4ccccc4)cccc32)[CH2]C[CH2]1.[Cl-].[Cl-]. The molecule has 0 N–H and O–H groups in total. The molecule has 1 aliphatic heterocycles. The van der Waals surface area contributed by atoms with Crippen LogP contribution in [0.5, 0.6) is 0 Å². The van der Waals surface area contributed by atoms with Gasteiger partial charge in [0.05, 0.1) is 0 Å². The molecule has 38 heavy (non-hydrogen) atoms. The summed E-state index contributed by atoms with van der Waals surface area (Å²) in [5, 5.41) is 0. The normalized spacial score (nSPS) is 19.3. The maximum absolute atomic E-state index is 2.68. The topological polar surface area (TPSA) is 0 Å². The molecule has 4 aromatic rings. The zero-order valence-corrected chi connectivity index (χ0v) is 25.9. The molecule has 7 rings (SSSR count). The number of hydrogen-bond donors (Lipinski definition) is 0. The Hall–Kier alpha value is -2.18. The summed E-state index contributed by atoms with van der Waals surface area (Å²) in [6, 6.07) is 36.2. The Morgan fingerprint density at radius 1 is 0.526 bits per heavy atom. The van der Waals surface area contributed by atoms with E-state index in [9.17, 15) is 0 Å². The number of hydrogen-bond acceptors (Lipinski definition) is 0. The van der Waals surface area contributed by atoms with E-state index in [2.05, 4.69) is 123 Å². The van der Waals surface area contributed by atoms with Crippen LogP contribution in [0.15, 0.2) is 108 Å². The number of allylic oxidation sites excluding steroid dienone is 2. The molecule has 0 spiro atoms. The summed E-state index contributed by atoms with van der Waals surface area (Å²) in [5.74, 6) is 0. The van der Waals surface area contributed by atoms with E-state index in [1.165, 1.54) is 48.1 Å². The summed E-state index contributed by atoms with van der Waals surface area (Å²) in [5.41, 5.74) is 15.0. The molecule has 4 aromatic carbocycles. The van der Waals surface area contributed by atoms with Crippen molar-refractivity contribution in [2.75, 3.05) is 0 Å². The van der Waals surface area contributed by atoms with Gasteiger partial charge >= 0.3 is 221 Å². The molecular weight excluding hydrogens is 583 g/mol. The Bertz CT molecular complexity index is 1420. The molecule has 2 aliphatic carbocycles. The molecule has 2 unspecified atom stereocenters. The second-order valence-corrected chi connectivity index (χ2v) is 22.4. The number of fused-ring (bicyclic) bond motifs is 2. The van der Waals surface area contributed by atoms with Gasteiger partial charge in [0.25, 0.3) is 0 Å². The molecule has 0 bridgehead atoms. The van der Waals surface area contributed by atoms with E-state index in [1.807, 2.05) is 0 Å². The summed E-state index contributed by atoms with van der Waals surface area (Å²) >= 11 is -2.68. The fourth-order valence-corrected chi connectivity index (χ4v) is 23.4. The minimum atomic E-state index is -2.68. The smallest absolute Gasteiger partial charge is 1.00 e. The molecule has 190 valence electrons. The van der Waals surface area contributed by atoms with Crippen molar-refractivity contribution in [1.29, 1.82) is 0 Å². The van der Waals surface area contributed by atoms with E-state index in [0.717, 1.165) is 0 Å². The first kappa shape index (κ1) is 27.4. The molecule has 2 atom stereocenters. The van der Waals surface area contributed by atoms with Crippen molar-refractivity contribution in [3.8, 4) is 22.3 Å². The molecule has 1 saturated heterocycles. The van der Waals surface area contributed by atoms with Crippen molar-refractivity contribution >= 4 is 12.2 Å². The predicted molar refractivity (Wildman–Crippen MR) is 151 cm³/mol. The summed E-state index contributed by atoms with van der Waals surface area (Å²) < 4.78 is 4.38. The zero-order valence-electron chi connectivity index (χ0n) is 21.9. The van der Waals surface area contributed by atoms with Crippen LogP contribution < -0.4 is 24.8 Å². The summed E-state index contributed by atoms with van der Waals surface area (Å²) in [7, 11) is 0. The van der Waals surface area contributed by atoms with Crippen LogP contribution in [0.2, 0.25) is 8.26 Å². The Morgan fingerprint density at radius 2 is 0.947 bits per heavy atom. The van der Waals surface area contributed by atoms with Gasteiger partial charge in [-0.1, -0.05) is 0 Å². The Kier molecular flexibility index (Phi) is 7.76. The molecular formula is C35H32Cl2Zr. The maximum Gasteiger partial charge on any atom is -1.00 e. The first-order chi connectivity index (χ1) is 17.7. The molecule has 0 aromatic heterocycles. The van der Waals surface area contributed by atoms with Crippen molar-refractivity contribution in [2.45, 2.75) is 35.8 Å². The third-order valence-electron chi connectivity index (χ3n) is 9.16. The second kappa shape index (κ2) is 10.8. The Morgan fingerprint density at radius 3 is 1.32 bits per heavy atom. The van der Waals surface area contributed by atoms with Gasteiger partial charge in [0.1, 0.15) is 0 Å². The van der Waals surface area contributed by atoms with Gasteiger partial charge in [0, 0.05) is 0 Å². The predicted octanol–water partition coefficient (Wildman–Crippen LogP) is 4.04. The Balaban J connectivity index is 0.00000147. The van der Waals surface area contributed by atoms with E-state index >= 15 is 0 Å². The van der Waals surface area contributed by atoms with Crippen molar-refractivity contribution in [3.63, 3.8) is 0 Å². The standard InChI is InChI=1S/2C16H13.C3H6.2ClH.Zr/c2*1-12-10-14-8-5-9-15(16(14)11-12)13-6-3-2-4-7-13;1-3-2;;;/h2*2-11H,1H3;1-3H2;2*1H;/q;;;;;+2/p-2. The van der Waals surface area contributed by atoms with Gasteiger partial charge < -0.3 is 24.8 Å². The largest absolute Gasteiger partial charge is 1.00 e. The summed E-state index contributed by atoms with van der Waals surface area (Å²) in [4.78, 5) is 0. The zero-order chi connectivity index (χ0) is 24.3. The molecule has 3 aliphatic rings. The minimum absolute atomic E-state index is 0. The molecule has 0 nitrogen and oxygen atoms in total. The van der Waals surface area contributed by atoms with Crippen LogP contribution in [0.25, 0.3) is 34.4 Å². The van der Waals surface area contributed by atoms with Crippen LogP contribution in [0.1, 0.15) is 49.8 Å². The van der Waals surface area contributed by atoms with Gasteiger partial charge in [-0.3, -0.25) is 0 Å². The minimum Gasteiger partial charge on any atom is -1.00 e. The average Bonchev–Trinajstić information content (AvgIpc) is 3.41. The van der Waals surface area contributed by atoms with Crippen LogP contribution in [0.3, 0.4) is 0 Å². The van der Waals surface area contributed by atoms with E-state index in [4.69, 9.17) is 0 Å². The van der Waals surface area contributed by atoms with Crippen LogP contribution in [0, 0.1) is 0 Å². The van der Waals surface area contributed by atoms with Crippen molar-refractivity contribution < 1.29 is 45.1 Å². The monoisotopic (exact) mass is 612 g/mol. The van der Waals surface area contributed by atoms with E-state index in [0.29, 0.717) is 7.25 Å². The van der Waals surface area contributed by atoms with E-state index in [1.54, 1.807) is 22.3 Å². The fraction of sp³-hybridized carbons (Fsp3) is 0.200. The first-order valence-electron chi connectivity index (χ1n) is 13.4. The molecule has 0 radical (unpaired) electrons. The van der Waals surface area contributed by atoms with Gasteiger partial charge in [-0.2, -0.15) is 0 Å². The van der Waals surface area contributed by atoms with Crippen molar-refractivity contribution in [2.24, 2.45) is 0 Å². The average molecular weight is 615 g/mol. The molecule has 1 heterocycles. The third kappa shape index (κ3) is 4.14. The van der Waals surface area contributed by atoms with E-state index < -0.39 is 20.3 Å². The van der Waals surface area contributed by atoms with Crippen LogP contribution in [0.4, 0.5) is 0 Å². The van der Waals surface area contributed by atoms with Crippen LogP contribution >= 0.6 is 0 Å². The first-order valence-corrected chi connectivity index (χ1v) is 19.7. The van der Waals surface area contributed by atoms with Crippen molar-refractivity contribution in [3.05, 3.63) is 130 Å². The Labute approximate surface area is 244 Å². The molecule has 3 heteroatoms. The molecule has 0 saturated carbocycles. The van der Waals surface area contributed by atoms with Crippen LogP contribution in [-0.2, 0) is 20.3 Å².